The molecule has 3 N–H and O–H groups in total. The van der Waals surface area contributed by atoms with Crippen molar-refractivity contribution in [2.24, 2.45) is 10.7 Å². The van der Waals surface area contributed by atoms with Crippen molar-refractivity contribution < 1.29 is 17.9 Å². The van der Waals surface area contributed by atoms with Gasteiger partial charge in [0.25, 0.3) is 0 Å². The van der Waals surface area contributed by atoms with Crippen LogP contribution in [-0.2, 0) is 6.54 Å². The molecule has 8 heteroatoms. The second-order valence-corrected chi connectivity index (χ2v) is 5.28. The van der Waals surface area contributed by atoms with Gasteiger partial charge in [0.1, 0.15) is 11.6 Å². The summed E-state index contributed by atoms with van der Waals surface area (Å²) in [6.07, 6.45) is 5.55. The van der Waals surface area contributed by atoms with E-state index in [1.807, 2.05) is 0 Å². The van der Waals surface area contributed by atoms with Crippen LogP contribution in [0.3, 0.4) is 0 Å². The largest absolute Gasteiger partial charge is 0.434 e. The van der Waals surface area contributed by atoms with Crippen molar-refractivity contribution in [3.05, 3.63) is 29.6 Å². The molecule has 1 aromatic carbocycles. The molecule has 0 saturated heterocycles. The molecule has 0 heterocycles. The fourth-order valence-electron chi connectivity index (χ4n) is 2.56. The van der Waals surface area contributed by atoms with Crippen molar-refractivity contribution in [1.82, 2.24) is 5.32 Å². The number of nitrogens with zero attached hydrogens (tertiary/aromatic N) is 1. The molecule has 0 bridgehead atoms. The summed E-state index contributed by atoms with van der Waals surface area (Å²) in [4.78, 5) is 4.04. The van der Waals surface area contributed by atoms with Crippen molar-refractivity contribution in [1.29, 1.82) is 0 Å². The average molecular weight is 443 g/mol. The van der Waals surface area contributed by atoms with E-state index in [-0.39, 0.29) is 53.8 Å². The zero-order chi connectivity index (χ0) is 15.9. The van der Waals surface area contributed by atoms with Crippen LogP contribution in [0.15, 0.2) is 23.2 Å². The number of rotatable bonds is 5. The van der Waals surface area contributed by atoms with Crippen LogP contribution in [-0.4, -0.2) is 18.6 Å². The number of halogens is 4. The first-order valence-electron chi connectivity index (χ1n) is 7.35. The molecule has 1 aliphatic rings. The standard InChI is InChI=1S/C15H20F3N3O.HI/c16-12-7-4-8-13(22-14(17)18)11(12)9-20-15(19)21-10-5-2-1-3-6-10;/h4,7-8,10,14H,1-3,5-6,9H2,(H3,19,20,21);1H. The molecule has 0 aliphatic heterocycles. The normalized spacial score (nSPS) is 16.1. The third-order valence-corrected chi connectivity index (χ3v) is 3.66. The van der Waals surface area contributed by atoms with E-state index in [0.717, 1.165) is 25.7 Å². The molecule has 0 amide bonds. The molecule has 1 saturated carbocycles. The van der Waals surface area contributed by atoms with Gasteiger partial charge in [0.15, 0.2) is 5.96 Å². The van der Waals surface area contributed by atoms with Crippen LogP contribution in [0.5, 0.6) is 5.75 Å². The summed E-state index contributed by atoms with van der Waals surface area (Å²) in [5.74, 6) is -0.672. The van der Waals surface area contributed by atoms with Gasteiger partial charge in [0.2, 0.25) is 0 Å². The number of nitrogens with two attached hydrogens (primary N) is 1. The molecule has 4 nitrogen and oxygen atoms in total. The molecule has 0 radical (unpaired) electrons. The maximum atomic E-state index is 13.8. The van der Waals surface area contributed by atoms with Crippen LogP contribution in [0.1, 0.15) is 37.7 Å². The van der Waals surface area contributed by atoms with E-state index < -0.39 is 12.4 Å². The molecule has 2 rings (SSSR count). The maximum absolute atomic E-state index is 13.8. The molecular weight excluding hydrogens is 422 g/mol. The highest BCUT2D eigenvalue weighted by molar-refractivity contribution is 14.0. The number of guanidine groups is 1. The van der Waals surface area contributed by atoms with Crippen LogP contribution in [0.4, 0.5) is 13.2 Å². The smallest absolute Gasteiger partial charge is 0.387 e. The highest BCUT2D eigenvalue weighted by atomic mass is 127. The second-order valence-electron chi connectivity index (χ2n) is 5.28. The zero-order valence-electron chi connectivity index (χ0n) is 12.6. The first kappa shape index (κ1) is 19.9. The number of benzene rings is 1. The minimum absolute atomic E-state index is 0. The van der Waals surface area contributed by atoms with E-state index in [4.69, 9.17) is 5.73 Å². The zero-order valence-corrected chi connectivity index (χ0v) is 14.9. The van der Waals surface area contributed by atoms with E-state index in [2.05, 4.69) is 15.0 Å². The van der Waals surface area contributed by atoms with Gasteiger partial charge in [-0.1, -0.05) is 25.3 Å². The molecule has 0 spiro atoms. The quantitative estimate of drug-likeness (QED) is 0.414. The Morgan fingerprint density at radius 1 is 1.30 bits per heavy atom. The predicted molar refractivity (Wildman–Crippen MR) is 93.8 cm³/mol. The minimum atomic E-state index is -3.01. The highest BCUT2D eigenvalue weighted by Crippen LogP contribution is 2.24. The Morgan fingerprint density at radius 3 is 2.65 bits per heavy atom. The Hall–Kier alpha value is -1.19. The molecule has 0 atom stereocenters. The van der Waals surface area contributed by atoms with E-state index in [0.29, 0.717) is 0 Å². The van der Waals surface area contributed by atoms with Crippen LogP contribution < -0.4 is 15.8 Å². The molecule has 23 heavy (non-hydrogen) atoms. The average Bonchev–Trinajstić information content (AvgIpc) is 2.47. The lowest BCUT2D eigenvalue weighted by Crippen LogP contribution is -2.41. The monoisotopic (exact) mass is 443 g/mol. The Kier molecular flexibility index (Phi) is 8.49. The van der Waals surface area contributed by atoms with Crippen LogP contribution in [0.25, 0.3) is 0 Å². The predicted octanol–water partition coefficient (Wildman–Crippen LogP) is 3.78. The lowest BCUT2D eigenvalue weighted by atomic mass is 9.96. The molecule has 1 aromatic rings. The van der Waals surface area contributed by atoms with Crippen molar-refractivity contribution in [3.8, 4) is 5.75 Å². The first-order valence-corrected chi connectivity index (χ1v) is 7.35. The minimum Gasteiger partial charge on any atom is -0.434 e. The number of ether oxygens (including phenoxy) is 1. The van der Waals surface area contributed by atoms with Crippen molar-refractivity contribution in [3.63, 3.8) is 0 Å². The van der Waals surface area contributed by atoms with Gasteiger partial charge in [-0.25, -0.2) is 9.38 Å². The van der Waals surface area contributed by atoms with Gasteiger partial charge >= 0.3 is 6.61 Å². The fourth-order valence-corrected chi connectivity index (χ4v) is 2.56. The fraction of sp³-hybridized carbons (Fsp3) is 0.533. The van der Waals surface area contributed by atoms with Crippen LogP contribution >= 0.6 is 24.0 Å². The third-order valence-electron chi connectivity index (χ3n) is 3.66. The summed E-state index contributed by atoms with van der Waals surface area (Å²) in [6.45, 7) is -3.16. The van der Waals surface area contributed by atoms with Gasteiger partial charge in [0.05, 0.1) is 12.1 Å². The Bertz CT molecular complexity index is 523. The summed E-state index contributed by atoms with van der Waals surface area (Å²) < 4.78 is 42.7. The lowest BCUT2D eigenvalue weighted by Gasteiger charge is -2.23. The Balaban J connectivity index is 0.00000264. The molecule has 130 valence electrons. The van der Waals surface area contributed by atoms with Crippen LogP contribution in [0, 0.1) is 5.82 Å². The highest BCUT2D eigenvalue weighted by Gasteiger charge is 2.15. The van der Waals surface area contributed by atoms with Gasteiger partial charge in [-0.2, -0.15) is 8.78 Å². The van der Waals surface area contributed by atoms with Gasteiger partial charge < -0.3 is 15.8 Å². The Labute approximate surface area is 150 Å². The first-order chi connectivity index (χ1) is 10.6. The van der Waals surface area contributed by atoms with Crippen molar-refractivity contribution >= 4 is 29.9 Å². The van der Waals surface area contributed by atoms with E-state index >= 15 is 0 Å². The number of aliphatic imine (C=N–C) groups is 1. The molecular formula is C15H21F3IN3O. The third kappa shape index (κ3) is 6.44. The van der Waals surface area contributed by atoms with Gasteiger partial charge in [-0.15, -0.1) is 24.0 Å². The van der Waals surface area contributed by atoms with Gasteiger partial charge in [-0.3, -0.25) is 0 Å². The molecule has 1 fully saturated rings. The number of hydrogen-bond donors (Lipinski definition) is 2. The second kappa shape index (κ2) is 9.84. The van der Waals surface area contributed by atoms with Gasteiger partial charge in [-0.05, 0) is 25.0 Å². The summed E-state index contributed by atoms with van der Waals surface area (Å²) in [6, 6.07) is 4.04. The number of alkyl halides is 2. The summed E-state index contributed by atoms with van der Waals surface area (Å²) in [7, 11) is 0. The SMILES string of the molecule is I.NC(=NCc1c(F)cccc1OC(F)F)NC1CCCCC1. The number of nitrogens with one attached hydrogen (secondary N) is 1. The van der Waals surface area contributed by atoms with E-state index in [1.54, 1.807) is 0 Å². The molecule has 0 aromatic heterocycles. The summed E-state index contributed by atoms with van der Waals surface area (Å²) in [5.41, 5.74) is 5.75. The Morgan fingerprint density at radius 2 is 2.00 bits per heavy atom. The summed E-state index contributed by atoms with van der Waals surface area (Å²) in [5, 5.41) is 3.09. The summed E-state index contributed by atoms with van der Waals surface area (Å²) >= 11 is 0. The van der Waals surface area contributed by atoms with Crippen molar-refractivity contribution in [2.45, 2.75) is 51.3 Å². The molecule has 0 unspecified atom stereocenters. The van der Waals surface area contributed by atoms with E-state index in [1.165, 1.54) is 24.6 Å². The maximum Gasteiger partial charge on any atom is 0.387 e. The van der Waals surface area contributed by atoms with E-state index in [9.17, 15) is 13.2 Å². The topological polar surface area (TPSA) is 59.6 Å². The van der Waals surface area contributed by atoms with Crippen molar-refractivity contribution in [2.75, 3.05) is 0 Å². The van der Waals surface area contributed by atoms with Gasteiger partial charge in [0, 0.05) is 6.04 Å². The number of hydrogen-bond acceptors (Lipinski definition) is 2. The molecule has 1 aliphatic carbocycles. The lowest BCUT2D eigenvalue weighted by molar-refractivity contribution is -0.0506. The van der Waals surface area contributed by atoms with Crippen LogP contribution in [0.2, 0.25) is 0 Å².